The van der Waals surface area contributed by atoms with Gasteiger partial charge in [-0.1, -0.05) is 66.7 Å². The maximum Gasteiger partial charge on any atom is 0.119 e. The van der Waals surface area contributed by atoms with Gasteiger partial charge in [-0.05, 0) is 53.1 Å². The van der Waals surface area contributed by atoms with Crippen LogP contribution in [0.15, 0.2) is 78.9 Å². The minimum absolute atomic E-state index is 0.406. The Morgan fingerprint density at radius 2 is 1.46 bits per heavy atom. The van der Waals surface area contributed by atoms with Crippen molar-refractivity contribution in [2.75, 3.05) is 7.11 Å². The molecule has 120 valence electrons. The first-order valence-electron chi connectivity index (χ1n) is 8.63. The summed E-state index contributed by atoms with van der Waals surface area (Å²) >= 11 is 0. The van der Waals surface area contributed by atoms with Gasteiger partial charge in [0.05, 0.1) is 7.11 Å². The molecule has 1 nitrogen and oxygen atoms in total. The predicted octanol–water partition coefficient (Wildman–Crippen LogP) is 5.56. The molecule has 0 N–H and O–H groups in total. The Bertz CT molecular complexity index is 808. The van der Waals surface area contributed by atoms with Crippen molar-refractivity contribution in [2.24, 2.45) is 0 Å². The Kier molecular flexibility index (Phi) is 4.08. The fraction of sp³-hybridized carbons (Fsp3) is 0.217. The zero-order chi connectivity index (χ0) is 16.4. The van der Waals surface area contributed by atoms with Crippen LogP contribution in [0.3, 0.4) is 0 Å². The quantitative estimate of drug-likeness (QED) is 0.615. The molecule has 2 atom stereocenters. The third kappa shape index (κ3) is 2.71. The van der Waals surface area contributed by atoms with Gasteiger partial charge in [0.1, 0.15) is 5.75 Å². The van der Waals surface area contributed by atoms with Crippen molar-refractivity contribution in [3.8, 4) is 5.75 Å². The SMILES string of the molecule is COc1ccc2c(c1)CC[C@H](c1ccccc1)[C@H]2c1ccccc1. The minimum atomic E-state index is 0.406. The van der Waals surface area contributed by atoms with E-state index in [1.165, 1.54) is 28.7 Å². The number of aryl methyl sites for hydroxylation is 1. The van der Waals surface area contributed by atoms with E-state index >= 15 is 0 Å². The molecule has 1 aliphatic rings. The molecule has 0 unspecified atom stereocenters. The highest BCUT2D eigenvalue weighted by Gasteiger charge is 2.31. The van der Waals surface area contributed by atoms with Crippen LogP contribution in [-0.4, -0.2) is 7.11 Å². The summed E-state index contributed by atoms with van der Waals surface area (Å²) in [5, 5.41) is 0. The molecule has 3 aromatic carbocycles. The molecule has 0 aliphatic heterocycles. The van der Waals surface area contributed by atoms with Crippen LogP contribution in [0.25, 0.3) is 0 Å². The van der Waals surface area contributed by atoms with Crippen LogP contribution in [-0.2, 0) is 6.42 Å². The summed E-state index contributed by atoms with van der Waals surface area (Å²) in [5.41, 5.74) is 5.71. The maximum absolute atomic E-state index is 5.43. The van der Waals surface area contributed by atoms with E-state index in [9.17, 15) is 0 Å². The summed E-state index contributed by atoms with van der Waals surface area (Å²) in [4.78, 5) is 0. The number of ether oxygens (including phenoxy) is 1. The van der Waals surface area contributed by atoms with Crippen LogP contribution in [0.1, 0.15) is 40.5 Å². The van der Waals surface area contributed by atoms with Crippen LogP contribution < -0.4 is 4.74 Å². The van der Waals surface area contributed by atoms with Gasteiger partial charge in [0.15, 0.2) is 0 Å². The van der Waals surface area contributed by atoms with Crippen LogP contribution in [0, 0.1) is 0 Å². The van der Waals surface area contributed by atoms with Crippen molar-refractivity contribution in [3.05, 3.63) is 101 Å². The Labute approximate surface area is 143 Å². The summed E-state index contributed by atoms with van der Waals surface area (Å²) in [7, 11) is 1.74. The Morgan fingerprint density at radius 3 is 2.12 bits per heavy atom. The first kappa shape index (κ1) is 15.0. The number of benzene rings is 3. The fourth-order valence-corrected chi connectivity index (χ4v) is 4.06. The topological polar surface area (TPSA) is 9.23 Å². The molecule has 0 spiro atoms. The summed E-state index contributed by atoms with van der Waals surface area (Å²) in [5.74, 6) is 1.89. The fourth-order valence-electron chi connectivity index (χ4n) is 4.06. The lowest BCUT2D eigenvalue weighted by Gasteiger charge is -2.35. The zero-order valence-corrected chi connectivity index (χ0v) is 14.0. The molecule has 0 amide bonds. The molecule has 0 aromatic heterocycles. The predicted molar refractivity (Wildman–Crippen MR) is 98.8 cm³/mol. The van der Waals surface area contributed by atoms with Crippen LogP contribution >= 0.6 is 0 Å². The number of rotatable bonds is 3. The van der Waals surface area contributed by atoms with Gasteiger partial charge in [-0.2, -0.15) is 0 Å². The van der Waals surface area contributed by atoms with Crippen LogP contribution in [0.2, 0.25) is 0 Å². The first-order chi connectivity index (χ1) is 11.9. The van der Waals surface area contributed by atoms with Gasteiger partial charge < -0.3 is 4.74 Å². The smallest absolute Gasteiger partial charge is 0.119 e. The monoisotopic (exact) mass is 314 g/mol. The lowest BCUT2D eigenvalue weighted by Crippen LogP contribution is -2.20. The van der Waals surface area contributed by atoms with Gasteiger partial charge in [0.2, 0.25) is 0 Å². The van der Waals surface area contributed by atoms with Gasteiger partial charge >= 0.3 is 0 Å². The van der Waals surface area contributed by atoms with E-state index in [0.29, 0.717) is 11.8 Å². The number of hydrogen-bond acceptors (Lipinski definition) is 1. The highest BCUT2D eigenvalue weighted by molar-refractivity contribution is 5.47. The summed E-state index contributed by atoms with van der Waals surface area (Å²) in [6.45, 7) is 0. The van der Waals surface area contributed by atoms with Gasteiger partial charge in [0.25, 0.3) is 0 Å². The standard InChI is InChI=1S/C23H22O/c1-24-20-13-15-22-19(16-20)12-14-21(17-8-4-2-5-9-17)23(22)18-10-6-3-7-11-18/h2-11,13,15-16,21,23H,12,14H2,1H3/t21-,23-/m1/s1. The first-order valence-corrected chi connectivity index (χ1v) is 8.63. The van der Waals surface area contributed by atoms with E-state index in [0.717, 1.165) is 12.2 Å². The van der Waals surface area contributed by atoms with E-state index in [-0.39, 0.29) is 0 Å². The van der Waals surface area contributed by atoms with Crippen molar-refractivity contribution in [1.29, 1.82) is 0 Å². The van der Waals surface area contributed by atoms with Gasteiger partial charge in [-0.15, -0.1) is 0 Å². The van der Waals surface area contributed by atoms with Gasteiger partial charge in [-0.3, -0.25) is 0 Å². The minimum Gasteiger partial charge on any atom is -0.497 e. The van der Waals surface area contributed by atoms with E-state index in [1.807, 2.05) is 0 Å². The van der Waals surface area contributed by atoms with E-state index in [1.54, 1.807) is 7.11 Å². The molecule has 1 heteroatoms. The second kappa shape index (κ2) is 6.52. The lowest BCUT2D eigenvalue weighted by atomic mass is 9.69. The second-order valence-corrected chi connectivity index (χ2v) is 6.51. The molecule has 0 saturated heterocycles. The van der Waals surface area contributed by atoms with Crippen molar-refractivity contribution >= 4 is 0 Å². The average Bonchev–Trinajstić information content (AvgIpc) is 2.68. The van der Waals surface area contributed by atoms with Crippen LogP contribution in [0.5, 0.6) is 5.75 Å². The summed E-state index contributed by atoms with van der Waals surface area (Å²) < 4.78 is 5.43. The normalized spacial score (nSPS) is 19.5. The largest absolute Gasteiger partial charge is 0.497 e. The molecule has 0 radical (unpaired) electrons. The lowest BCUT2D eigenvalue weighted by molar-refractivity contribution is 0.412. The Morgan fingerprint density at radius 1 is 0.792 bits per heavy atom. The number of hydrogen-bond donors (Lipinski definition) is 0. The molecule has 3 aromatic rings. The molecule has 4 rings (SSSR count). The highest BCUT2D eigenvalue weighted by atomic mass is 16.5. The van der Waals surface area contributed by atoms with E-state index in [4.69, 9.17) is 4.74 Å². The van der Waals surface area contributed by atoms with Gasteiger partial charge in [0, 0.05) is 5.92 Å². The highest BCUT2D eigenvalue weighted by Crippen LogP contribution is 2.46. The molecule has 0 bridgehead atoms. The summed E-state index contributed by atoms with van der Waals surface area (Å²) in [6.07, 6.45) is 2.28. The van der Waals surface area contributed by atoms with Gasteiger partial charge in [-0.25, -0.2) is 0 Å². The molecule has 0 saturated carbocycles. The third-order valence-electron chi connectivity index (χ3n) is 5.20. The van der Waals surface area contributed by atoms with Crippen molar-refractivity contribution in [3.63, 3.8) is 0 Å². The zero-order valence-electron chi connectivity index (χ0n) is 14.0. The molecular weight excluding hydrogens is 292 g/mol. The van der Waals surface area contributed by atoms with Crippen LogP contribution in [0.4, 0.5) is 0 Å². The average molecular weight is 314 g/mol. The molecule has 24 heavy (non-hydrogen) atoms. The van der Waals surface area contributed by atoms with Crippen molar-refractivity contribution in [1.82, 2.24) is 0 Å². The van der Waals surface area contributed by atoms with Crippen molar-refractivity contribution < 1.29 is 4.74 Å². The Balaban J connectivity index is 1.84. The van der Waals surface area contributed by atoms with Crippen molar-refractivity contribution in [2.45, 2.75) is 24.7 Å². The molecule has 1 aliphatic carbocycles. The third-order valence-corrected chi connectivity index (χ3v) is 5.20. The second-order valence-electron chi connectivity index (χ2n) is 6.51. The number of methoxy groups -OCH3 is 1. The Hall–Kier alpha value is -2.54. The van der Waals surface area contributed by atoms with E-state index in [2.05, 4.69) is 78.9 Å². The summed E-state index contributed by atoms with van der Waals surface area (Å²) in [6, 6.07) is 28.5. The maximum atomic E-state index is 5.43. The van der Waals surface area contributed by atoms with E-state index < -0.39 is 0 Å². The molecule has 0 heterocycles. The molecular formula is C23H22O. The number of fused-ring (bicyclic) bond motifs is 1. The molecule has 0 fully saturated rings.